The van der Waals surface area contributed by atoms with Gasteiger partial charge in [0, 0.05) is 44.5 Å². The molecule has 3 amide bonds. The Kier molecular flexibility index (Phi) is 6.73. The molecule has 1 aromatic carbocycles. The van der Waals surface area contributed by atoms with Crippen LogP contribution in [-0.4, -0.2) is 65.7 Å². The van der Waals surface area contributed by atoms with Gasteiger partial charge in [0.1, 0.15) is 5.69 Å². The van der Waals surface area contributed by atoms with Crippen molar-refractivity contribution in [2.45, 2.75) is 12.8 Å². The van der Waals surface area contributed by atoms with Crippen molar-refractivity contribution in [1.29, 1.82) is 0 Å². The molecule has 0 radical (unpaired) electrons. The van der Waals surface area contributed by atoms with E-state index in [1.54, 1.807) is 15.9 Å². The van der Waals surface area contributed by atoms with Crippen LogP contribution in [0.1, 0.15) is 32.8 Å². The van der Waals surface area contributed by atoms with Crippen LogP contribution in [0.5, 0.6) is 0 Å². The highest BCUT2D eigenvalue weighted by molar-refractivity contribution is 5.98. The zero-order valence-electron chi connectivity index (χ0n) is 15.7. The fraction of sp³-hybridized carbons (Fsp3) is 0.333. The maximum atomic E-state index is 12.6. The maximum absolute atomic E-state index is 12.6. The minimum Gasteiger partial charge on any atom is -0.352 e. The minimum atomic E-state index is -0.218. The molecule has 1 N–H and O–H groups in total. The minimum absolute atomic E-state index is 0.213. The molecule has 7 heteroatoms. The zero-order valence-corrected chi connectivity index (χ0v) is 15.7. The summed E-state index contributed by atoms with van der Waals surface area (Å²) in [6.07, 6.45) is 4.01. The number of piperazine rings is 1. The van der Waals surface area contributed by atoms with Gasteiger partial charge in [-0.3, -0.25) is 19.4 Å². The molecule has 28 heavy (non-hydrogen) atoms. The van der Waals surface area contributed by atoms with Crippen LogP contribution in [0, 0.1) is 0 Å². The number of aryl methyl sites for hydroxylation is 1. The van der Waals surface area contributed by atoms with Gasteiger partial charge in [0.05, 0.1) is 0 Å². The number of nitrogens with one attached hydrogen (secondary N) is 1. The van der Waals surface area contributed by atoms with E-state index in [2.05, 4.69) is 22.4 Å². The summed E-state index contributed by atoms with van der Waals surface area (Å²) in [6, 6.07) is 13.3. The summed E-state index contributed by atoms with van der Waals surface area (Å²) < 4.78 is 0. The van der Waals surface area contributed by atoms with Crippen molar-refractivity contribution < 1.29 is 14.4 Å². The lowest BCUT2D eigenvalue weighted by Crippen LogP contribution is -2.48. The van der Waals surface area contributed by atoms with Crippen molar-refractivity contribution in [2.24, 2.45) is 0 Å². The largest absolute Gasteiger partial charge is 0.352 e. The molecule has 2 heterocycles. The molecular formula is C21H24N4O3. The Balaban J connectivity index is 1.51. The van der Waals surface area contributed by atoms with Crippen LogP contribution in [0.15, 0.2) is 48.7 Å². The third kappa shape index (κ3) is 5.16. The van der Waals surface area contributed by atoms with Crippen molar-refractivity contribution in [1.82, 2.24) is 20.1 Å². The lowest BCUT2D eigenvalue weighted by molar-refractivity contribution is -0.119. The summed E-state index contributed by atoms with van der Waals surface area (Å²) in [5.74, 6) is -0.431. The lowest BCUT2D eigenvalue weighted by atomic mass is 10.1. The number of carbonyl (C=O) groups excluding carboxylic acids is 3. The Morgan fingerprint density at radius 3 is 2.54 bits per heavy atom. The number of hydrogen-bond acceptors (Lipinski definition) is 4. The van der Waals surface area contributed by atoms with Gasteiger partial charge in [0.15, 0.2) is 0 Å². The van der Waals surface area contributed by atoms with E-state index in [0.29, 0.717) is 38.3 Å². The van der Waals surface area contributed by atoms with Crippen LogP contribution < -0.4 is 5.32 Å². The summed E-state index contributed by atoms with van der Waals surface area (Å²) in [6.45, 7) is 2.52. The Hall–Kier alpha value is -3.22. The molecular weight excluding hydrogens is 356 g/mol. The number of pyridine rings is 1. The van der Waals surface area contributed by atoms with Crippen molar-refractivity contribution in [3.05, 3.63) is 65.5 Å². The number of hydrogen-bond donors (Lipinski definition) is 1. The second-order valence-corrected chi connectivity index (χ2v) is 6.71. The van der Waals surface area contributed by atoms with E-state index < -0.39 is 0 Å². The van der Waals surface area contributed by atoms with Crippen molar-refractivity contribution in [2.75, 3.05) is 32.7 Å². The molecule has 1 aliphatic rings. The van der Waals surface area contributed by atoms with Crippen LogP contribution >= 0.6 is 0 Å². The predicted octanol–water partition coefficient (Wildman–Crippen LogP) is 1.36. The molecule has 0 aliphatic carbocycles. The lowest BCUT2D eigenvalue weighted by Gasteiger charge is -2.32. The van der Waals surface area contributed by atoms with Gasteiger partial charge in [-0.05, 0) is 30.5 Å². The number of nitrogens with zero attached hydrogens (tertiary/aromatic N) is 3. The first kappa shape index (κ1) is 19.5. The van der Waals surface area contributed by atoms with Crippen LogP contribution in [0.3, 0.4) is 0 Å². The fourth-order valence-electron chi connectivity index (χ4n) is 3.12. The summed E-state index contributed by atoms with van der Waals surface area (Å²) in [5.41, 5.74) is 1.91. The molecule has 1 fully saturated rings. The average molecular weight is 380 g/mol. The van der Waals surface area contributed by atoms with Crippen LogP contribution in [0.4, 0.5) is 0 Å². The SMILES string of the molecule is O=CN1CCN(C(=O)c2cc(C(=O)NCCCc3ccccc3)ccn2)CC1. The molecule has 0 atom stereocenters. The first-order chi connectivity index (χ1) is 13.7. The molecule has 1 aliphatic heterocycles. The Bertz CT molecular complexity index is 817. The van der Waals surface area contributed by atoms with Gasteiger partial charge in [0.2, 0.25) is 6.41 Å². The Labute approximate surface area is 164 Å². The second-order valence-electron chi connectivity index (χ2n) is 6.71. The van der Waals surface area contributed by atoms with Gasteiger partial charge in [-0.25, -0.2) is 0 Å². The highest BCUT2D eigenvalue weighted by atomic mass is 16.2. The first-order valence-electron chi connectivity index (χ1n) is 9.44. The van der Waals surface area contributed by atoms with Gasteiger partial charge in [-0.1, -0.05) is 30.3 Å². The van der Waals surface area contributed by atoms with Crippen molar-refractivity contribution >= 4 is 18.2 Å². The predicted molar refractivity (Wildman–Crippen MR) is 105 cm³/mol. The van der Waals surface area contributed by atoms with E-state index in [4.69, 9.17) is 0 Å². The van der Waals surface area contributed by atoms with Crippen LogP contribution in [0.2, 0.25) is 0 Å². The van der Waals surface area contributed by atoms with Gasteiger partial charge >= 0.3 is 0 Å². The normalized spacial score (nSPS) is 13.9. The Morgan fingerprint density at radius 2 is 1.82 bits per heavy atom. The van der Waals surface area contributed by atoms with Crippen LogP contribution in [0.25, 0.3) is 0 Å². The second kappa shape index (κ2) is 9.64. The molecule has 0 unspecified atom stereocenters. The number of amides is 3. The van der Waals surface area contributed by atoms with E-state index in [0.717, 1.165) is 19.3 Å². The first-order valence-corrected chi connectivity index (χ1v) is 9.44. The van der Waals surface area contributed by atoms with E-state index in [1.807, 2.05) is 18.2 Å². The van der Waals surface area contributed by atoms with Crippen LogP contribution in [-0.2, 0) is 11.2 Å². The summed E-state index contributed by atoms with van der Waals surface area (Å²) in [7, 11) is 0. The summed E-state index contributed by atoms with van der Waals surface area (Å²) in [5, 5.41) is 2.89. The van der Waals surface area contributed by atoms with Gasteiger partial charge in [-0.15, -0.1) is 0 Å². The third-order valence-electron chi connectivity index (χ3n) is 4.76. The standard InChI is InChI=1S/C21H24N4O3/c26-16-24-11-13-25(14-12-24)21(28)19-15-18(8-10-22-19)20(27)23-9-4-7-17-5-2-1-3-6-17/h1-3,5-6,8,10,15-16H,4,7,9,11-14H2,(H,23,27). The zero-order chi connectivity index (χ0) is 19.8. The van der Waals surface area contributed by atoms with Gasteiger partial charge in [0.25, 0.3) is 11.8 Å². The maximum Gasteiger partial charge on any atom is 0.272 e. The molecule has 0 saturated carbocycles. The molecule has 1 saturated heterocycles. The highest BCUT2D eigenvalue weighted by Gasteiger charge is 2.22. The molecule has 1 aromatic heterocycles. The molecule has 0 bridgehead atoms. The quantitative estimate of drug-likeness (QED) is 0.581. The number of carbonyl (C=O) groups is 3. The monoisotopic (exact) mass is 380 g/mol. The molecule has 2 aromatic rings. The number of benzene rings is 1. The van der Waals surface area contributed by atoms with Gasteiger partial charge < -0.3 is 15.1 Å². The molecule has 7 nitrogen and oxygen atoms in total. The summed E-state index contributed by atoms with van der Waals surface area (Å²) >= 11 is 0. The topological polar surface area (TPSA) is 82.6 Å². The number of rotatable bonds is 7. The van der Waals surface area contributed by atoms with E-state index >= 15 is 0 Å². The number of aromatic nitrogens is 1. The highest BCUT2D eigenvalue weighted by Crippen LogP contribution is 2.09. The van der Waals surface area contributed by atoms with E-state index in [1.165, 1.54) is 17.8 Å². The van der Waals surface area contributed by atoms with E-state index in [9.17, 15) is 14.4 Å². The molecule has 0 spiro atoms. The van der Waals surface area contributed by atoms with E-state index in [-0.39, 0.29) is 17.5 Å². The summed E-state index contributed by atoms with van der Waals surface area (Å²) in [4.78, 5) is 43.2. The average Bonchev–Trinajstić information content (AvgIpc) is 2.77. The molecule has 146 valence electrons. The van der Waals surface area contributed by atoms with Crippen molar-refractivity contribution in [3.8, 4) is 0 Å². The fourth-order valence-corrected chi connectivity index (χ4v) is 3.12. The smallest absolute Gasteiger partial charge is 0.272 e. The Morgan fingerprint density at radius 1 is 1.07 bits per heavy atom. The molecule has 3 rings (SSSR count). The van der Waals surface area contributed by atoms with Gasteiger partial charge in [-0.2, -0.15) is 0 Å². The third-order valence-corrected chi connectivity index (χ3v) is 4.76. The van der Waals surface area contributed by atoms with Crippen molar-refractivity contribution in [3.63, 3.8) is 0 Å².